The van der Waals surface area contributed by atoms with Crippen LogP contribution in [0.4, 0.5) is 17.1 Å². The lowest BCUT2D eigenvalue weighted by Crippen LogP contribution is -2.53. The van der Waals surface area contributed by atoms with Crippen LogP contribution in [0.2, 0.25) is 0 Å². The third-order valence-electron chi connectivity index (χ3n) is 15.5. The van der Waals surface area contributed by atoms with Gasteiger partial charge in [0.05, 0.1) is 69.1 Å². The number of likely N-dealkylation sites (tertiary alicyclic amines) is 1. The topological polar surface area (TPSA) is 236 Å². The van der Waals surface area contributed by atoms with Gasteiger partial charge in [0.25, 0.3) is 11.8 Å². The molecule has 3 aromatic rings. The molecule has 426 valence electrons. The Balaban J connectivity index is 0.739. The first-order chi connectivity index (χ1) is 39.0. The van der Waals surface area contributed by atoms with Gasteiger partial charge in [-0.1, -0.05) is 45.4 Å². The second kappa shape index (κ2) is 24.9. The van der Waals surface area contributed by atoms with Crippen molar-refractivity contribution in [3.63, 3.8) is 0 Å². The predicted octanol–water partition coefficient (Wildman–Crippen LogP) is 8.13. The van der Waals surface area contributed by atoms with Gasteiger partial charge in [-0.25, -0.2) is 0 Å². The first kappa shape index (κ1) is 57.1. The molecule has 2 unspecified atom stereocenters. The van der Waals surface area contributed by atoms with Crippen molar-refractivity contribution in [2.24, 2.45) is 21.3 Å². The fourth-order valence-electron chi connectivity index (χ4n) is 10.6. The number of carbonyl (C=O) groups is 7. The van der Waals surface area contributed by atoms with Crippen molar-refractivity contribution in [2.45, 2.75) is 116 Å². The molecule has 1 fully saturated rings. The van der Waals surface area contributed by atoms with E-state index >= 15 is 0 Å². The van der Waals surface area contributed by atoms with E-state index in [9.17, 15) is 33.6 Å². The maximum atomic E-state index is 14.1. The van der Waals surface area contributed by atoms with Gasteiger partial charge in [-0.05, 0) is 91.7 Å². The lowest BCUT2D eigenvalue weighted by atomic mass is 9.75. The van der Waals surface area contributed by atoms with Crippen LogP contribution in [0, 0.1) is 11.3 Å². The van der Waals surface area contributed by atoms with Crippen LogP contribution in [0.1, 0.15) is 118 Å². The molecule has 3 N–H and O–H groups in total. The van der Waals surface area contributed by atoms with E-state index in [0.717, 1.165) is 28.9 Å². The summed E-state index contributed by atoms with van der Waals surface area (Å²) in [6, 6.07) is 11.6. The quantitative estimate of drug-likeness (QED) is 0.0603. The molecule has 20 nitrogen and oxygen atoms in total. The molecule has 0 aromatic heterocycles. The molecule has 7 amide bonds. The number of allylic oxidation sites excluding steroid dienone is 3. The SMILES string of the molecule is COC1=CCC(C)(C2=CN3C(=O)c4cc(OC)c(OCCCOc5cc6c(cc5OC)C(=O)N5C=C(c7ccc(NC(=O)[C@H](C)NC(=O)[C@@H](NC(=O)CCCCCN8C(=O)CCC8=O)C(C)C)cc7)C[C@H]5C=N6)cc4N=CC3C2)C=C1. The van der Waals surface area contributed by atoms with Crippen molar-refractivity contribution in [1.29, 1.82) is 0 Å². The molecule has 6 aliphatic rings. The van der Waals surface area contributed by atoms with Crippen LogP contribution in [0.3, 0.4) is 0 Å². The number of rotatable bonds is 23. The van der Waals surface area contributed by atoms with E-state index in [4.69, 9.17) is 33.7 Å². The first-order valence-corrected chi connectivity index (χ1v) is 27.6. The van der Waals surface area contributed by atoms with Crippen molar-refractivity contribution in [3.05, 3.63) is 107 Å². The van der Waals surface area contributed by atoms with E-state index in [1.165, 1.54) is 19.1 Å². The number of nitrogens with zero attached hydrogens (tertiary/aromatic N) is 5. The van der Waals surface area contributed by atoms with Crippen molar-refractivity contribution in [2.75, 3.05) is 46.4 Å². The molecule has 1 saturated heterocycles. The number of nitrogens with one attached hydrogen (secondary N) is 3. The number of anilines is 1. The smallest absolute Gasteiger partial charge is 0.260 e. The van der Waals surface area contributed by atoms with E-state index < -0.39 is 23.9 Å². The zero-order valence-electron chi connectivity index (χ0n) is 46.9. The Bertz CT molecular complexity index is 3160. The zero-order valence-corrected chi connectivity index (χ0v) is 46.9. The molecule has 5 atom stereocenters. The van der Waals surface area contributed by atoms with E-state index in [1.807, 2.05) is 36.8 Å². The number of ether oxygens (including phenoxy) is 5. The molecule has 3 aromatic carbocycles. The van der Waals surface area contributed by atoms with E-state index in [2.05, 4.69) is 35.0 Å². The Morgan fingerprint density at radius 3 is 1.88 bits per heavy atom. The third-order valence-corrected chi connectivity index (χ3v) is 15.5. The van der Waals surface area contributed by atoms with Crippen molar-refractivity contribution in [1.82, 2.24) is 25.3 Å². The Labute approximate surface area is 471 Å². The Morgan fingerprint density at radius 2 is 1.31 bits per heavy atom. The number of benzene rings is 3. The molecular weight excluding hydrogens is 1040 g/mol. The van der Waals surface area contributed by atoms with E-state index in [0.29, 0.717) is 96.3 Å². The number of carbonyl (C=O) groups excluding carboxylic acids is 7. The van der Waals surface area contributed by atoms with Crippen molar-refractivity contribution < 1.29 is 57.2 Å². The van der Waals surface area contributed by atoms with Gasteiger partial charge in [0.2, 0.25) is 29.5 Å². The molecule has 5 aliphatic heterocycles. The zero-order chi connectivity index (χ0) is 57.5. The van der Waals surface area contributed by atoms with Crippen LogP contribution >= 0.6 is 0 Å². The summed E-state index contributed by atoms with van der Waals surface area (Å²) in [7, 11) is 4.69. The first-order valence-electron chi connectivity index (χ1n) is 27.6. The highest BCUT2D eigenvalue weighted by molar-refractivity contribution is 6.06. The number of unbranched alkanes of at least 4 members (excludes halogenated alkanes) is 2. The van der Waals surface area contributed by atoms with Crippen LogP contribution in [0.5, 0.6) is 23.0 Å². The maximum Gasteiger partial charge on any atom is 0.260 e. The third kappa shape index (κ3) is 12.7. The maximum absolute atomic E-state index is 14.1. The summed E-state index contributed by atoms with van der Waals surface area (Å²) in [5.74, 6) is 0.243. The summed E-state index contributed by atoms with van der Waals surface area (Å²) in [4.78, 5) is 105. The summed E-state index contributed by atoms with van der Waals surface area (Å²) in [5.41, 5.74) is 4.87. The van der Waals surface area contributed by atoms with Crippen LogP contribution < -0.4 is 34.9 Å². The van der Waals surface area contributed by atoms with Gasteiger partial charge >= 0.3 is 0 Å². The van der Waals surface area contributed by atoms with E-state index in [1.54, 1.807) is 80.3 Å². The Morgan fingerprint density at radius 1 is 0.704 bits per heavy atom. The number of methoxy groups -OCH3 is 3. The molecular formula is C61H70N8O12. The van der Waals surface area contributed by atoms with Crippen LogP contribution in [0.15, 0.2) is 100 Å². The van der Waals surface area contributed by atoms with Gasteiger partial charge in [-0.2, -0.15) is 0 Å². The Kier molecular flexibility index (Phi) is 17.5. The lowest BCUT2D eigenvalue weighted by molar-refractivity contribution is -0.138. The number of hydrogen-bond donors (Lipinski definition) is 3. The monoisotopic (exact) mass is 1110 g/mol. The molecule has 9 rings (SSSR count). The normalized spacial score (nSPS) is 20.5. The summed E-state index contributed by atoms with van der Waals surface area (Å²) in [6.45, 7) is 8.20. The predicted molar refractivity (Wildman–Crippen MR) is 304 cm³/mol. The van der Waals surface area contributed by atoms with Crippen molar-refractivity contribution >= 4 is 76.4 Å². The lowest BCUT2D eigenvalue weighted by Gasteiger charge is -2.29. The number of fused-ring (bicyclic) bond motifs is 4. The fraction of sp³-hybridized carbons (Fsp3) is 0.426. The van der Waals surface area contributed by atoms with Crippen LogP contribution in [-0.4, -0.2) is 134 Å². The van der Waals surface area contributed by atoms with Crippen molar-refractivity contribution in [3.8, 4) is 23.0 Å². The van der Waals surface area contributed by atoms with Gasteiger partial charge < -0.3 is 49.4 Å². The minimum absolute atomic E-state index is 0.157. The number of aliphatic imine (C=N–C) groups is 2. The molecule has 5 heterocycles. The fourth-order valence-corrected chi connectivity index (χ4v) is 10.6. The molecule has 81 heavy (non-hydrogen) atoms. The molecule has 0 spiro atoms. The molecule has 0 radical (unpaired) electrons. The van der Waals surface area contributed by atoms with Gasteiger partial charge in [-0.15, -0.1) is 0 Å². The van der Waals surface area contributed by atoms with Crippen LogP contribution in [-0.2, 0) is 28.7 Å². The standard InChI is InChI=1S/C61H70N8O12/c1-36(2)56(66-53(70)12-9-8-10-23-67-54(71)17-18-55(67)72)58(74)64-37(3)57(73)65-41-15-13-38(14-16-41)39-26-42-32-62-47-30-51(49(78-6)28-45(47)59(75)68(42)34-39)80-24-11-25-81-52-31-48-46(29-50(52)79-7)60(76)69-35-40(27-43(69)33-63-48)61(4)21-19-44(77-5)20-22-61/h13-16,19-21,28-37,42-43,56H,8-12,17-18,22-27H2,1-7H3,(H,64,74)(H,65,73)(H,66,70)/t37-,42-,43?,56-,61?/m0/s1. The minimum atomic E-state index is -0.920. The highest BCUT2D eigenvalue weighted by Crippen LogP contribution is 2.45. The van der Waals surface area contributed by atoms with Gasteiger partial charge in [0, 0.05) is 86.7 Å². The van der Waals surface area contributed by atoms with Gasteiger partial charge in [0.15, 0.2) is 23.0 Å². The average Bonchev–Trinajstić information content (AvgIpc) is 4.28. The second-order valence-electron chi connectivity index (χ2n) is 21.5. The average molecular weight is 1110 g/mol. The molecule has 1 aliphatic carbocycles. The summed E-state index contributed by atoms with van der Waals surface area (Å²) >= 11 is 0. The Hall–Kier alpha value is -8.55. The van der Waals surface area contributed by atoms with Gasteiger partial charge in [-0.3, -0.25) is 48.4 Å². The molecule has 20 heteroatoms. The highest BCUT2D eigenvalue weighted by Gasteiger charge is 2.40. The molecule has 0 saturated carbocycles. The highest BCUT2D eigenvalue weighted by atomic mass is 16.5. The number of amides is 7. The van der Waals surface area contributed by atoms with Gasteiger partial charge in [0.1, 0.15) is 17.8 Å². The number of imide groups is 1. The molecule has 0 bridgehead atoms. The van der Waals surface area contributed by atoms with Crippen LogP contribution in [0.25, 0.3) is 5.57 Å². The number of hydrogen-bond acceptors (Lipinski definition) is 14. The summed E-state index contributed by atoms with van der Waals surface area (Å²) < 4.78 is 29.1. The minimum Gasteiger partial charge on any atom is -0.497 e. The van der Waals surface area contributed by atoms with E-state index in [-0.39, 0.29) is 85.4 Å². The largest absolute Gasteiger partial charge is 0.497 e. The second-order valence-corrected chi connectivity index (χ2v) is 21.5. The summed E-state index contributed by atoms with van der Waals surface area (Å²) in [6.07, 6.45) is 18.4. The summed E-state index contributed by atoms with van der Waals surface area (Å²) in [5, 5.41) is 8.36.